The highest BCUT2D eigenvalue weighted by Gasteiger charge is 2.26. The summed E-state index contributed by atoms with van der Waals surface area (Å²) in [5.41, 5.74) is 1.87. The Balaban J connectivity index is 1.79. The number of carbonyl (C=O) groups excluding carboxylic acids is 1. The van der Waals surface area contributed by atoms with Gasteiger partial charge in [-0.05, 0) is 31.9 Å². The minimum Gasteiger partial charge on any atom is -0.338 e. The first kappa shape index (κ1) is 14.4. The molecule has 6 nitrogen and oxygen atoms in total. The fraction of sp³-hybridized carbons (Fsp3) is 0.375. The second-order valence-electron chi connectivity index (χ2n) is 5.64. The molecule has 114 valence electrons. The summed E-state index contributed by atoms with van der Waals surface area (Å²) in [6.07, 6.45) is 5.21. The van der Waals surface area contributed by atoms with E-state index in [0.717, 1.165) is 18.5 Å². The van der Waals surface area contributed by atoms with Crippen molar-refractivity contribution in [3.05, 3.63) is 58.0 Å². The van der Waals surface area contributed by atoms with E-state index in [1.807, 2.05) is 11.0 Å². The summed E-state index contributed by atoms with van der Waals surface area (Å²) in [5, 5.41) is 0. The van der Waals surface area contributed by atoms with Crippen LogP contribution in [0.2, 0.25) is 0 Å². The Hall–Kier alpha value is -2.50. The normalized spacial score (nSPS) is 18.2. The number of nitrogens with one attached hydrogen (secondary N) is 1. The van der Waals surface area contributed by atoms with Gasteiger partial charge in [0.1, 0.15) is 6.33 Å². The van der Waals surface area contributed by atoms with Crippen LogP contribution in [-0.2, 0) is 0 Å². The lowest BCUT2D eigenvalue weighted by Gasteiger charge is -2.32. The maximum atomic E-state index is 12.6. The van der Waals surface area contributed by atoms with Crippen LogP contribution in [0.25, 0.3) is 0 Å². The van der Waals surface area contributed by atoms with Crippen molar-refractivity contribution in [1.82, 2.24) is 19.9 Å². The molecule has 0 spiro atoms. The van der Waals surface area contributed by atoms with E-state index in [1.54, 1.807) is 19.2 Å². The van der Waals surface area contributed by atoms with Crippen molar-refractivity contribution in [3.63, 3.8) is 0 Å². The number of nitrogens with zero attached hydrogens (tertiary/aromatic N) is 3. The molecule has 1 amide bonds. The summed E-state index contributed by atoms with van der Waals surface area (Å²) in [6, 6.07) is 4.98. The van der Waals surface area contributed by atoms with Crippen LogP contribution in [-0.4, -0.2) is 38.8 Å². The highest BCUT2D eigenvalue weighted by atomic mass is 16.2. The van der Waals surface area contributed by atoms with E-state index >= 15 is 0 Å². The highest BCUT2D eigenvalue weighted by molar-refractivity contribution is 5.94. The third kappa shape index (κ3) is 3.05. The molecule has 3 rings (SSSR count). The smallest absolute Gasteiger partial charge is 0.254 e. The Morgan fingerprint density at radius 1 is 1.41 bits per heavy atom. The Morgan fingerprint density at radius 3 is 3.00 bits per heavy atom. The predicted octanol–water partition coefficient (Wildman–Crippen LogP) is 1.49. The lowest BCUT2D eigenvalue weighted by molar-refractivity contribution is 0.0705. The third-order valence-electron chi connectivity index (χ3n) is 3.96. The molecule has 2 aromatic heterocycles. The Labute approximate surface area is 128 Å². The average Bonchev–Trinajstić information content (AvgIpc) is 2.54. The van der Waals surface area contributed by atoms with Gasteiger partial charge in [-0.1, -0.05) is 0 Å². The summed E-state index contributed by atoms with van der Waals surface area (Å²) in [4.78, 5) is 36.9. The molecule has 22 heavy (non-hydrogen) atoms. The van der Waals surface area contributed by atoms with Crippen LogP contribution in [0, 0.1) is 6.92 Å². The number of aryl methyl sites for hydroxylation is 1. The van der Waals surface area contributed by atoms with Crippen LogP contribution in [0.15, 0.2) is 35.5 Å². The Bertz CT molecular complexity index is 726. The van der Waals surface area contributed by atoms with Crippen LogP contribution in [0.4, 0.5) is 0 Å². The van der Waals surface area contributed by atoms with E-state index in [1.165, 1.54) is 12.4 Å². The van der Waals surface area contributed by atoms with Crippen LogP contribution in [0.3, 0.4) is 0 Å². The lowest BCUT2D eigenvalue weighted by Crippen LogP contribution is -2.39. The average molecular weight is 298 g/mol. The van der Waals surface area contributed by atoms with Crippen molar-refractivity contribution in [2.24, 2.45) is 0 Å². The SMILES string of the molecule is Cc1cc(C(=O)N2CCC[C@H](c3ccncn3)C2)cc(=O)[nH]1. The molecule has 1 aliphatic rings. The molecule has 0 radical (unpaired) electrons. The second kappa shape index (κ2) is 6.09. The Kier molecular flexibility index (Phi) is 4.00. The van der Waals surface area contributed by atoms with Crippen LogP contribution in [0.5, 0.6) is 0 Å². The molecule has 3 heterocycles. The van der Waals surface area contributed by atoms with Gasteiger partial charge in [-0.15, -0.1) is 0 Å². The number of amides is 1. The van der Waals surface area contributed by atoms with E-state index in [-0.39, 0.29) is 17.4 Å². The largest absolute Gasteiger partial charge is 0.338 e. The van der Waals surface area contributed by atoms with Crippen molar-refractivity contribution in [2.75, 3.05) is 13.1 Å². The molecule has 0 aromatic carbocycles. The monoisotopic (exact) mass is 298 g/mol. The van der Waals surface area contributed by atoms with Crippen molar-refractivity contribution in [2.45, 2.75) is 25.7 Å². The number of likely N-dealkylation sites (tertiary alicyclic amines) is 1. The van der Waals surface area contributed by atoms with Gasteiger partial charge in [0.2, 0.25) is 5.56 Å². The van der Waals surface area contributed by atoms with Crippen LogP contribution < -0.4 is 5.56 Å². The second-order valence-corrected chi connectivity index (χ2v) is 5.64. The number of hydrogen-bond acceptors (Lipinski definition) is 4. The number of carbonyl (C=O) groups is 1. The van der Waals surface area contributed by atoms with Gasteiger partial charge in [0.05, 0.1) is 0 Å². The predicted molar refractivity (Wildman–Crippen MR) is 81.7 cm³/mol. The van der Waals surface area contributed by atoms with E-state index in [9.17, 15) is 9.59 Å². The third-order valence-corrected chi connectivity index (χ3v) is 3.96. The fourth-order valence-electron chi connectivity index (χ4n) is 2.93. The molecule has 1 fully saturated rings. The molecule has 0 bridgehead atoms. The molecule has 0 saturated carbocycles. The first-order valence-electron chi connectivity index (χ1n) is 7.39. The van der Waals surface area contributed by atoms with Crippen molar-refractivity contribution in [3.8, 4) is 0 Å². The first-order valence-corrected chi connectivity index (χ1v) is 7.39. The van der Waals surface area contributed by atoms with E-state index < -0.39 is 0 Å². The number of pyridine rings is 1. The summed E-state index contributed by atoms with van der Waals surface area (Å²) >= 11 is 0. The van der Waals surface area contributed by atoms with Gasteiger partial charge >= 0.3 is 0 Å². The zero-order valence-electron chi connectivity index (χ0n) is 12.5. The minimum atomic E-state index is -0.243. The summed E-state index contributed by atoms with van der Waals surface area (Å²) in [5.74, 6) is 0.136. The van der Waals surface area contributed by atoms with E-state index in [0.29, 0.717) is 24.3 Å². The molecule has 6 heteroatoms. The van der Waals surface area contributed by atoms with Crippen molar-refractivity contribution >= 4 is 5.91 Å². The minimum absolute atomic E-state index is 0.0899. The fourth-order valence-corrected chi connectivity index (χ4v) is 2.93. The lowest BCUT2D eigenvalue weighted by atomic mass is 9.94. The summed E-state index contributed by atoms with van der Waals surface area (Å²) in [7, 11) is 0. The first-order chi connectivity index (χ1) is 10.6. The number of rotatable bonds is 2. The highest BCUT2D eigenvalue weighted by Crippen LogP contribution is 2.25. The van der Waals surface area contributed by atoms with Gasteiger partial charge in [-0.3, -0.25) is 9.59 Å². The van der Waals surface area contributed by atoms with Gasteiger partial charge < -0.3 is 9.88 Å². The topological polar surface area (TPSA) is 79.0 Å². The van der Waals surface area contributed by atoms with Gasteiger partial charge in [-0.2, -0.15) is 0 Å². The molecule has 2 aromatic rings. The summed E-state index contributed by atoms with van der Waals surface area (Å²) in [6.45, 7) is 3.12. The Morgan fingerprint density at radius 2 is 2.27 bits per heavy atom. The zero-order chi connectivity index (χ0) is 15.5. The molecular weight excluding hydrogens is 280 g/mol. The number of hydrogen-bond donors (Lipinski definition) is 1. The van der Waals surface area contributed by atoms with Crippen LogP contribution >= 0.6 is 0 Å². The standard InChI is InChI=1S/C16H18N4O2/c1-11-7-13(8-15(21)19-11)16(22)20-6-2-3-12(9-20)14-4-5-17-10-18-14/h4-5,7-8,10,12H,2-3,6,9H2,1H3,(H,19,21)/t12-/m0/s1. The van der Waals surface area contributed by atoms with E-state index in [4.69, 9.17) is 0 Å². The van der Waals surface area contributed by atoms with E-state index in [2.05, 4.69) is 15.0 Å². The summed E-state index contributed by atoms with van der Waals surface area (Å²) < 4.78 is 0. The molecule has 0 aliphatic carbocycles. The molecular formula is C16H18N4O2. The number of aromatic nitrogens is 3. The quantitative estimate of drug-likeness (QED) is 0.911. The zero-order valence-corrected chi connectivity index (χ0v) is 12.5. The van der Waals surface area contributed by atoms with Gasteiger partial charge in [0.15, 0.2) is 0 Å². The molecule has 1 N–H and O–H groups in total. The molecule has 1 saturated heterocycles. The maximum Gasteiger partial charge on any atom is 0.254 e. The van der Waals surface area contributed by atoms with Gasteiger partial charge in [0, 0.05) is 48.2 Å². The maximum absolute atomic E-state index is 12.6. The molecule has 1 aliphatic heterocycles. The number of H-pyrrole nitrogens is 1. The van der Waals surface area contributed by atoms with Gasteiger partial charge in [0.25, 0.3) is 5.91 Å². The molecule has 0 unspecified atom stereocenters. The number of piperidine rings is 1. The number of aromatic amines is 1. The van der Waals surface area contributed by atoms with Crippen molar-refractivity contribution in [1.29, 1.82) is 0 Å². The van der Waals surface area contributed by atoms with Gasteiger partial charge in [-0.25, -0.2) is 9.97 Å². The molecule has 1 atom stereocenters. The van der Waals surface area contributed by atoms with Crippen LogP contribution in [0.1, 0.15) is 40.5 Å². The van der Waals surface area contributed by atoms with Crippen molar-refractivity contribution < 1.29 is 4.79 Å².